The first-order valence-corrected chi connectivity index (χ1v) is 7.04. The molecule has 1 atom stereocenters. The highest BCUT2D eigenvalue weighted by atomic mass is 32.1. The Kier molecular flexibility index (Phi) is 5.37. The van der Waals surface area contributed by atoms with Gasteiger partial charge in [-0.1, -0.05) is 51.7 Å². The first kappa shape index (κ1) is 14.4. The zero-order valence-corrected chi connectivity index (χ0v) is 11.7. The van der Waals surface area contributed by atoms with E-state index in [0.29, 0.717) is 4.99 Å². The molecule has 1 aliphatic carbocycles. The van der Waals surface area contributed by atoms with Gasteiger partial charge in [-0.15, -0.1) is 0 Å². The molecule has 0 heterocycles. The summed E-state index contributed by atoms with van der Waals surface area (Å²) in [6.45, 7) is 3.96. The zero-order valence-electron chi connectivity index (χ0n) is 10.9. The van der Waals surface area contributed by atoms with E-state index >= 15 is 0 Å². The second-order valence-corrected chi connectivity index (χ2v) is 5.60. The lowest BCUT2D eigenvalue weighted by molar-refractivity contribution is -0.125. The topological polar surface area (TPSA) is 55.1 Å². The summed E-state index contributed by atoms with van der Waals surface area (Å²) in [6.07, 6.45) is 7.25. The van der Waals surface area contributed by atoms with Crippen molar-refractivity contribution in [1.82, 2.24) is 5.32 Å². The van der Waals surface area contributed by atoms with E-state index in [0.717, 1.165) is 32.1 Å². The summed E-state index contributed by atoms with van der Waals surface area (Å²) in [5.74, 6) is 0.117. The van der Waals surface area contributed by atoms with E-state index in [9.17, 15) is 4.79 Å². The fraction of sp³-hybridized carbons (Fsp3) is 0.846. The molecule has 0 aliphatic heterocycles. The van der Waals surface area contributed by atoms with Crippen LogP contribution in [0, 0.1) is 5.92 Å². The Hall–Kier alpha value is -0.640. The number of carbonyl (C=O) groups excluding carboxylic acids is 1. The lowest BCUT2D eigenvalue weighted by Gasteiger charge is -2.33. The van der Waals surface area contributed by atoms with E-state index in [1.165, 1.54) is 12.8 Å². The first-order valence-electron chi connectivity index (χ1n) is 6.64. The van der Waals surface area contributed by atoms with Gasteiger partial charge in [0.05, 0.1) is 10.5 Å². The van der Waals surface area contributed by atoms with Crippen LogP contribution in [0.2, 0.25) is 0 Å². The van der Waals surface area contributed by atoms with Gasteiger partial charge in [0.1, 0.15) is 0 Å². The lowest BCUT2D eigenvalue weighted by Crippen LogP contribution is -2.57. The Bertz CT molecular complexity index is 283. The second-order valence-electron chi connectivity index (χ2n) is 5.16. The van der Waals surface area contributed by atoms with Crippen LogP contribution in [0.1, 0.15) is 58.8 Å². The van der Waals surface area contributed by atoms with E-state index in [1.54, 1.807) is 0 Å². The number of nitrogens with one attached hydrogen (secondary N) is 1. The largest absolute Gasteiger partial charge is 0.391 e. The third-order valence-corrected chi connectivity index (χ3v) is 4.24. The van der Waals surface area contributed by atoms with Gasteiger partial charge in [-0.25, -0.2) is 0 Å². The normalized spacial score (nSPS) is 21.3. The summed E-state index contributed by atoms with van der Waals surface area (Å²) in [7, 11) is 0. The van der Waals surface area contributed by atoms with Crippen molar-refractivity contribution >= 4 is 23.1 Å². The molecule has 1 saturated carbocycles. The number of nitrogens with two attached hydrogens (primary N) is 1. The molecule has 0 spiro atoms. The SMILES string of the molecule is CCC(C)C(=O)NC1(C(N)=S)CCCCCC1. The monoisotopic (exact) mass is 256 g/mol. The average molecular weight is 256 g/mol. The van der Waals surface area contributed by atoms with Crippen molar-refractivity contribution < 1.29 is 4.79 Å². The van der Waals surface area contributed by atoms with Crippen molar-refractivity contribution in [2.75, 3.05) is 0 Å². The summed E-state index contributed by atoms with van der Waals surface area (Å²) in [6, 6.07) is 0. The van der Waals surface area contributed by atoms with E-state index in [1.807, 2.05) is 13.8 Å². The van der Waals surface area contributed by atoms with Crippen LogP contribution in [-0.4, -0.2) is 16.4 Å². The minimum Gasteiger partial charge on any atom is -0.391 e. The number of rotatable bonds is 4. The summed E-state index contributed by atoms with van der Waals surface area (Å²) in [5, 5.41) is 3.12. The fourth-order valence-corrected chi connectivity index (χ4v) is 2.56. The van der Waals surface area contributed by atoms with Gasteiger partial charge in [-0.2, -0.15) is 0 Å². The van der Waals surface area contributed by atoms with Crippen LogP contribution in [0.4, 0.5) is 0 Å². The van der Waals surface area contributed by atoms with Gasteiger partial charge in [-0.05, 0) is 19.3 Å². The smallest absolute Gasteiger partial charge is 0.223 e. The second kappa shape index (κ2) is 6.34. The molecule has 1 unspecified atom stereocenters. The van der Waals surface area contributed by atoms with Gasteiger partial charge < -0.3 is 11.1 Å². The first-order chi connectivity index (χ1) is 8.02. The van der Waals surface area contributed by atoms with Gasteiger partial charge in [0, 0.05) is 5.92 Å². The molecule has 98 valence electrons. The number of hydrogen-bond acceptors (Lipinski definition) is 2. The molecule has 0 aromatic rings. The van der Waals surface area contributed by atoms with E-state index in [4.69, 9.17) is 18.0 Å². The van der Waals surface area contributed by atoms with Gasteiger partial charge in [-0.3, -0.25) is 4.79 Å². The lowest BCUT2D eigenvalue weighted by atomic mass is 9.89. The summed E-state index contributed by atoms with van der Waals surface area (Å²) in [4.78, 5) is 12.5. The summed E-state index contributed by atoms with van der Waals surface area (Å²) >= 11 is 5.19. The Morgan fingerprint density at radius 3 is 2.29 bits per heavy atom. The Morgan fingerprint density at radius 1 is 1.35 bits per heavy atom. The van der Waals surface area contributed by atoms with Crippen LogP contribution < -0.4 is 11.1 Å². The van der Waals surface area contributed by atoms with Gasteiger partial charge >= 0.3 is 0 Å². The van der Waals surface area contributed by atoms with Crippen molar-refractivity contribution in [3.05, 3.63) is 0 Å². The Morgan fingerprint density at radius 2 is 1.88 bits per heavy atom. The minimum atomic E-state index is -0.424. The third kappa shape index (κ3) is 3.66. The molecular formula is C13H24N2OS. The molecule has 0 saturated heterocycles. The summed E-state index contributed by atoms with van der Waals surface area (Å²) in [5.41, 5.74) is 5.45. The molecule has 3 nitrogen and oxygen atoms in total. The van der Waals surface area contributed by atoms with Crippen LogP contribution in [0.5, 0.6) is 0 Å². The number of hydrogen-bond donors (Lipinski definition) is 2. The van der Waals surface area contributed by atoms with Crippen molar-refractivity contribution in [3.8, 4) is 0 Å². The zero-order chi connectivity index (χ0) is 12.9. The maximum Gasteiger partial charge on any atom is 0.223 e. The van der Waals surface area contributed by atoms with Crippen molar-refractivity contribution in [2.45, 2.75) is 64.3 Å². The number of amides is 1. The molecule has 0 aromatic carbocycles. The predicted octanol–water partition coefficient (Wildman–Crippen LogP) is 2.53. The Labute approximate surface area is 110 Å². The van der Waals surface area contributed by atoms with Crippen LogP contribution >= 0.6 is 12.2 Å². The van der Waals surface area contributed by atoms with E-state index in [-0.39, 0.29) is 11.8 Å². The standard InChI is InChI=1S/C13H24N2OS/c1-3-10(2)11(16)15-13(12(14)17)8-6-4-5-7-9-13/h10H,3-9H2,1-2H3,(H2,14,17)(H,15,16). The number of carbonyl (C=O) groups is 1. The maximum atomic E-state index is 12.0. The third-order valence-electron chi connectivity index (χ3n) is 3.85. The highest BCUT2D eigenvalue weighted by Crippen LogP contribution is 2.28. The molecule has 0 aromatic heterocycles. The Balaban J connectivity index is 2.77. The minimum absolute atomic E-state index is 0.0319. The molecule has 0 bridgehead atoms. The van der Waals surface area contributed by atoms with Crippen LogP contribution in [0.15, 0.2) is 0 Å². The maximum absolute atomic E-state index is 12.0. The molecule has 1 fully saturated rings. The van der Waals surface area contributed by atoms with E-state index < -0.39 is 5.54 Å². The summed E-state index contributed by atoms with van der Waals surface area (Å²) < 4.78 is 0. The molecule has 1 amide bonds. The molecule has 3 N–H and O–H groups in total. The van der Waals surface area contributed by atoms with Gasteiger partial charge in [0.15, 0.2) is 0 Å². The molecular weight excluding hydrogens is 232 g/mol. The van der Waals surface area contributed by atoms with Gasteiger partial charge in [0.25, 0.3) is 0 Å². The molecule has 1 rings (SSSR count). The van der Waals surface area contributed by atoms with Gasteiger partial charge in [0.2, 0.25) is 5.91 Å². The van der Waals surface area contributed by atoms with Crippen LogP contribution in [0.3, 0.4) is 0 Å². The highest BCUT2D eigenvalue weighted by molar-refractivity contribution is 7.80. The molecule has 1 aliphatic rings. The fourth-order valence-electron chi connectivity index (χ4n) is 2.31. The van der Waals surface area contributed by atoms with Crippen LogP contribution in [0.25, 0.3) is 0 Å². The average Bonchev–Trinajstić information content (AvgIpc) is 2.54. The van der Waals surface area contributed by atoms with Crippen molar-refractivity contribution in [1.29, 1.82) is 0 Å². The quantitative estimate of drug-likeness (QED) is 0.600. The van der Waals surface area contributed by atoms with E-state index in [2.05, 4.69) is 5.32 Å². The highest BCUT2D eigenvalue weighted by Gasteiger charge is 2.36. The molecule has 4 heteroatoms. The van der Waals surface area contributed by atoms with Crippen molar-refractivity contribution in [2.24, 2.45) is 11.7 Å². The van der Waals surface area contributed by atoms with Crippen LogP contribution in [-0.2, 0) is 4.79 Å². The molecule has 0 radical (unpaired) electrons. The predicted molar refractivity (Wildman–Crippen MR) is 74.8 cm³/mol. The molecule has 17 heavy (non-hydrogen) atoms. The van der Waals surface area contributed by atoms with Crippen molar-refractivity contribution in [3.63, 3.8) is 0 Å². The number of thiocarbonyl (C=S) groups is 1.